The van der Waals surface area contributed by atoms with Crippen molar-refractivity contribution < 1.29 is 9.90 Å². The Hall–Kier alpha value is -2.03. The van der Waals surface area contributed by atoms with Crippen molar-refractivity contribution in [2.45, 2.75) is 20.8 Å². The van der Waals surface area contributed by atoms with Gasteiger partial charge in [0.25, 0.3) is 0 Å². The topological polar surface area (TPSA) is 42.2 Å². The summed E-state index contributed by atoms with van der Waals surface area (Å²) in [5, 5.41) is 8.99. The normalized spacial score (nSPS) is 10.5. The minimum Gasteiger partial charge on any atom is -0.478 e. The fourth-order valence-corrected chi connectivity index (χ4v) is 2.10. The molecule has 0 saturated carbocycles. The molecule has 3 nitrogen and oxygen atoms in total. The highest BCUT2D eigenvalue weighted by molar-refractivity contribution is 5.89. The quantitative estimate of drug-likeness (QED) is 0.859. The molecule has 2 rings (SSSR count). The predicted molar refractivity (Wildman–Crippen MR) is 66.9 cm³/mol. The second kappa shape index (κ2) is 4.09. The van der Waals surface area contributed by atoms with Crippen molar-refractivity contribution in [2.24, 2.45) is 0 Å². The van der Waals surface area contributed by atoms with Gasteiger partial charge in [0.15, 0.2) is 0 Å². The van der Waals surface area contributed by atoms with E-state index in [1.165, 1.54) is 0 Å². The van der Waals surface area contributed by atoms with Crippen LogP contribution < -0.4 is 0 Å². The van der Waals surface area contributed by atoms with E-state index in [4.69, 9.17) is 5.11 Å². The summed E-state index contributed by atoms with van der Waals surface area (Å²) >= 11 is 0. The number of nitrogens with zero attached hydrogens (tertiary/aromatic N) is 1. The Morgan fingerprint density at radius 1 is 1.06 bits per heavy atom. The van der Waals surface area contributed by atoms with E-state index < -0.39 is 5.97 Å². The maximum atomic E-state index is 10.9. The molecule has 0 spiro atoms. The Balaban J connectivity index is 2.56. The Morgan fingerprint density at radius 3 is 2.12 bits per heavy atom. The zero-order valence-corrected chi connectivity index (χ0v) is 10.2. The minimum atomic E-state index is -0.880. The van der Waals surface area contributed by atoms with Crippen molar-refractivity contribution in [1.29, 1.82) is 0 Å². The van der Waals surface area contributed by atoms with Gasteiger partial charge >= 0.3 is 5.97 Å². The van der Waals surface area contributed by atoms with Gasteiger partial charge in [-0.1, -0.05) is 0 Å². The largest absolute Gasteiger partial charge is 0.478 e. The molecule has 0 radical (unpaired) electrons. The highest BCUT2D eigenvalue weighted by Gasteiger charge is 2.09. The fourth-order valence-electron chi connectivity index (χ4n) is 2.10. The van der Waals surface area contributed by atoms with Crippen LogP contribution in [0.3, 0.4) is 0 Å². The number of rotatable bonds is 2. The molecule has 0 aliphatic rings. The zero-order valence-electron chi connectivity index (χ0n) is 10.2. The number of aryl methyl sites for hydroxylation is 3. The molecule has 1 aromatic heterocycles. The molecule has 0 saturated heterocycles. The third kappa shape index (κ3) is 1.96. The maximum absolute atomic E-state index is 10.9. The first-order chi connectivity index (χ1) is 8.00. The van der Waals surface area contributed by atoms with Crippen LogP contribution in [0.4, 0.5) is 0 Å². The lowest BCUT2D eigenvalue weighted by Gasteiger charge is -2.11. The van der Waals surface area contributed by atoms with Gasteiger partial charge in [-0.15, -0.1) is 0 Å². The molecule has 1 N–H and O–H groups in total. The summed E-state index contributed by atoms with van der Waals surface area (Å²) in [5.41, 5.74) is 4.43. The first-order valence-corrected chi connectivity index (χ1v) is 5.50. The van der Waals surface area contributed by atoms with E-state index in [2.05, 4.69) is 16.7 Å². The van der Waals surface area contributed by atoms with Gasteiger partial charge in [0.1, 0.15) is 0 Å². The molecule has 1 aromatic carbocycles. The molecule has 3 heteroatoms. The van der Waals surface area contributed by atoms with E-state index in [0.29, 0.717) is 5.56 Å². The van der Waals surface area contributed by atoms with Crippen LogP contribution in [0.25, 0.3) is 5.69 Å². The molecule has 0 unspecified atom stereocenters. The summed E-state index contributed by atoms with van der Waals surface area (Å²) in [7, 11) is 0. The Kier molecular flexibility index (Phi) is 2.76. The van der Waals surface area contributed by atoms with E-state index in [-0.39, 0.29) is 0 Å². The number of carbonyl (C=O) groups is 1. The number of aromatic nitrogens is 1. The van der Waals surface area contributed by atoms with Gasteiger partial charge in [-0.05, 0) is 56.7 Å². The molecule has 2 aromatic rings. The number of carboxylic acid groups (broad SMARTS) is 1. The van der Waals surface area contributed by atoms with E-state index in [1.807, 2.05) is 32.9 Å². The average molecular weight is 229 g/mol. The molecule has 0 aliphatic heterocycles. The molecule has 1 heterocycles. The van der Waals surface area contributed by atoms with Crippen molar-refractivity contribution in [1.82, 2.24) is 4.57 Å². The van der Waals surface area contributed by atoms with Crippen LogP contribution in [0.2, 0.25) is 0 Å². The molecule has 88 valence electrons. The van der Waals surface area contributed by atoms with Crippen molar-refractivity contribution in [3.63, 3.8) is 0 Å². The molecule has 0 atom stereocenters. The lowest BCUT2D eigenvalue weighted by Crippen LogP contribution is -2.03. The standard InChI is InChI=1S/C14H15NO2/c1-9-8-12(6-7-13(9)14(16)17)15-10(2)4-5-11(15)3/h4-8H,1-3H3,(H,16,17). The first-order valence-electron chi connectivity index (χ1n) is 5.50. The lowest BCUT2D eigenvalue weighted by molar-refractivity contribution is 0.0696. The average Bonchev–Trinajstić information content (AvgIpc) is 2.58. The highest BCUT2D eigenvalue weighted by Crippen LogP contribution is 2.19. The third-order valence-electron chi connectivity index (χ3n) is 2.97. The van der Waals surface area contributed by atoms with Crippen molar-refractivity contribution in [3.8, 4) is 5.69 Å². The van der Waals surface area contributed by atoms with Gasteiger partial charge in [0.05, 0.1) is 5.56 Å². The van der Waals surface area contributed by atoms with E-state index in [1.54, 1.807) is 6.07 Å². The van der Waals surface area contributed by atoms with Gasteiger partial charge in [-0.25, -0.2) is 4.79 Å². The molecule has 0 bridgehead atoms. The number of benzene rings is 1. The van der Waals surface area contributed by atoms with Crippen LogP contribution in [0, 0.1) is 20.8 Å². The summed E-state index contributed by atoms with van der Waals surface area (Å²) < 4.78 is 2.11. The summed E-state index contributed by atoms with van der Waals surface area (Å²) in [5.74, 6) is -0.880. The van der Waals surface area contributed by atoms with Crippen LogP contribution in [0.15, 0.2) is 30.3 Å². The highest BCUT2D eigenvalue weighted by atomic mass is 16.4. The van der Waals surface area contributed by atoms with Crippen LogP contribution in [-0.4, -0.2) is 15.6 Å². The molecule has 0 aliphatic carbocycles. The van der Waals surface area contributed by atoms with Crippen LogP contribution in [0.5, 0.6) is 0 Å². The number of hydrogen-bond donors (Lipinski definition) is 1. The Morgan fingerprint density at radius 2 is 1.65 bits per heavy atom. The van der Waals surface area contributed by atoms with Crippen LogP contribution in [0.1, 0.15) is 27.3 Å². The Labute approximate surface area is 100 Å². The molecule has 17 heavy (non-hydrogen) atoms. The smallest absolute Gasteiger partial charge is 0.335 e. The summed E-state index contributed by atoms with van der Waals surface area (Å²) in [4.78, 5) is 10.9. The van der Waals surface area contributed by atoms with E-state index in [0.717, 1.165) is 22.6 Å². The SMILES string of the molecule is Cc1cc(-n2c(C)ccc2C)ccc1C(=O)O. The third-order valence-corrected chi connectivity index (χ3v) is 2.97. The van der Waals surface area contributed by atoms with Gasteiger partial charge in [0, 0.05) is 17.1 Å². The number of carboxylic acids is 1. The summed E-state index contributed by atoms with van der Waals surface area (Å²) in [6.45, 7) is 5.89. The first kappa shape index (κ1) is 11.5. The maximum Gasteiger partial charge on any atom is 0.335 e. The lowest BCUT2D eigenvalue weighted by atomic mass is 10.1. The van der Waals surface area contributed by atoms with Crippen molar-refractivity contribution >= 4 is 5.97 Å². The van der Waals surface area contributed by atoms with E-state index >= 15 is 0 Å². The second-order valence-electron chi connectivity index (χ2n) is 4.26. The number of aromatic carboxylic acids is 1. The van der Waals surface area contributed by atoms with Gasteiger partial charge in [0.2, 0.25) is 0 Å². The molecular formula is C14H15NO2. The molecule has 0 fully saturated rings. The Bertz CT molecular complexity index is 562. The molecular weight excluding hydrogens is 214 g/mol. The summed E-state index contributed by atoms with van der Waals surface area (Å²) in [6.07, 6.45) is 0. The number of hydrogen-bond acceptors (Lipinski definition) is 1. The van der Waals surface area contributed by atoms with Crippen molar-refractivity contribution in [2.75, 3.05) is 0 Å². The van der Waals surface area contributed by atoms with Crippen molar-refractivity contribution in [3.05, 3.63) is 52.8 Å². The fraction of sp³-hybridized carbons (Fsp3) is 0.214. The zero-order chi connectivity index (χ0) is 12.6. The monoisotopic (exact) mass is 229 g/mol. The second-order valence-corrected chi connectivity index (χ2v) is 4.26. The predicted octanol–water partition coefficient (Wildman–Crippen LogP) is 3.10. The summed E-state index contributed by atoms with van der Waals surface area (Å²) in [6, 6.07) is 9.51. The van der Waals surface area contributed by atoms with Crippen LogP contribution in [-0.2, 0) is 0 Å². The van der Waals surface area contributed by atoms with E-state index in [9.17, 15) is 4.79 Å². The molecule has 0 amide bonds. The van der Waals surface area contributed by atoms with Gasteiger partial charge in [-0.2, -0.15) is 0 Å². The van der Waals surface area contributed by atoms with Gasteiger partial charge < -0.3 is 9.67 Å². The van der Waals surface area contributed by atoms with Crippen LogP contribution >= 0.6 is 0 Å². The minimum absolute atomic E-state index is 0.358. The van der Waals surface area contributed by atoms with Gasteiger partial charge in [-0.3, -0.25) is 0 Å².